The van der Waals surface area contributed by atoms with Gasteiger partial charge in [0.1, 0.15) is 18.0 Å². The van der Waals surface area contributed by atoms with Crippen molar-refractivity contribution in [3.8, 4) is 0 Å². The Kier molecular flexibility index (Phi) is 4.76. The van der Waals surface area contributed by atoms with Gasteiger partial charge in [-0.05, 0) is 19.3 Å². The zero-order chi connectivity index (χ0) is 20.1. The van der Waals surface area contributed by atoms with Crippen molar-refractivity contribution in [3.05, 3.63) is 32.4 Å². The van der Waals surface area contributed by atoms with E-state index in [2.05, 4.69) is 10.1 Å². The van der Waals surface area contributed by atoms with Gasteiger partial charge in [-0.3, -0.25) is 9.36 Å². The Hall–Kier alpha value is -2.24. The predicted molar refractivity (Wildman–Crippen MR) is 90.8 cm³/mol. The molecule has 0 bridgehead atoms. The van der Waals surface area contributed by atoms with Gasteiger partial charge in [-0.15, -0.1) is 11.3 Å². The van der Waals surface area contributed by atoms with Crippen LogP contribution in [0.5, 0.6) is 0 Å². The standard InChI is InChI=1S/C16H17F4N5O2S/c17-9-4-5-23(6-9)13(26)11-2-1-3-12-22-24(15(27)25(11)12)7-10-8-28-14(21-10)16(18,19)20/h8-9,11H,1-7H2/t9-,11-/m0/s1. The number of hydrogen-bond acceptors (Lipinski definition) is 5. The lowest BCUT2D eigenvalue weighted by Gasteiger charge is -2.26. The number of nitrogens with zero attached hydrogens (tertiary/aromatic N) is 5. The summed E-state index contributed by atoms with van der Waals surface area (Å²) in [5.41, 5.74) is -0.483. The molecule has 0 N–H and O–H groups in total. The molecule has 0 saturated carbocycles. The summed E-state index contributed by atoms with van der Waals surface area (Å²) in [5.74, 6) is 0.104. The molecule has 2 aliphatic rings. The Bertz CT molecular complexity index is 950. The predicted octanol–water partition coefficient (Wildman–Crippen LogP) is 2.02. The summed E-state index contributed by atoms with van der Waals surface area (Å²) in [7, 11) is 0. The Balaban J connectivity index is 1.59. The lowest BCUT2D eigenvalue weighted by molar-refractivity contribution is -0.137. The number of halogens is 4. The number of amides is 1. The third kappa shape index (κ3) is 3.45. The summed E-state index contributed by atoms with van der Waals surface area (Å²) in [6, 6.07) is -0.753. The van der Waals surface area contributed by atoms with Crippen LogP contribution in [0.3, 0.4) is 0 Å². The maximum Gasteiger partial charge on any atom is 0.443 e. The first-order chi connectivity index (χ1) is 13.2. The summed E-state index contributed by atoms with van der Waals surface area (Å²) < 4.78 is 53.9. The van der Waals surface area contributed by atoms with Gasteiger partial charge in [0.15, 0.2) is 5.01 Å². The van der Waals surface area contributed by atoms with Crippen molar-refractivity contribution in [1.82, 2.24) is 24.2 Å². The normalized spacial score (nSPS) is 22.5. The van der Waals surface area contributed by atoms with E-state index in [1.54, 1.807) is 0 Å². The highest BCUT2D eigenvalue weighted by atomic mass is 32.1. The molecule has 0 spiro atoms. The van der Waals surface area contributed by atoms with E-state index in [0.717, 1.165) is 4.68 Å². The molecule has 2 aromatic rings. The first-order valence-electron chi connectivity index (χ1n) is 8.86. The minimum Gasteiger partial charge on any atom is -0.338 e. The fourth-order valence-electron chi connectivity index (χ4n) is 3.66. The van der Waals surface area contributed by atoms with E-state index in [-0.39, 0.29) is 31.1 Å². The van der Waals surface area contributed by atoms with E-state index >= 15 is 0 Å². The monoisotopic (exact) mass is 419 g/mol. The number of aromatic nitrogens is 4. The smallest absolute Gasteiger partial charge is 0.338 e. The molecule has 28 heavy (non-hydrogen) atoms. The molecule has 12 heteroatoms. The van der Waals surface area contributed by atoms with Crippen molar-refractivity contribution in [3.63, 3.8) is 0 Å². The van der Waals surface area contributed by atoms with Gasteiger partial charge in [-0.25, -0.2) is 18.9 Å². The zero-order valence-corrected chi connectivity index (χ0v) is 15.5. The third-order valence-electron chi connectivity index (χ3n) is 4.96. The molecule has 152 valence electrons. The van der Waals surface area contributed by atoms with Gasteiger partial charge in [0.2, 0.25) is 5.91 Å². The second-order valence-corrected chi connectivity index (χ2v) is 7.80. The van der Waals surface area contributed by atoms with Crippen LogP contribution in [0.15, 0.2) is 10.2 Å². The summed E-state index contributed by atoms with van der Waals surface area (Å²) in [4.78, 5) is 30.5. The van der Waals surface area contributed by atoms with Crippen LogP contribution in [0.25, 0.3) is 0 Å². The molecule has 4 rings (SSSR count). The van der Waals surface area contributed by atoms with Crippen LogP contribution >= 0.6 is 11.3 Å². The number of thiazole rings is 1. The number of likely N-dealkylation sites (tertiary alicyclic amines) is 1. The van der Waals surface area contributed by atoms with Crippen LogP contribution < -0.4 is 5.69 Å². The zero-order valence-electron chi connectivity index (χ0n) is 14.7. The molecule has 2 atom stereocenters. The summed E-state index contributed by atoms with van der Waals surface area (Å²) in [5, 5.41) is 4.45. The maximum absolute atomic E-state index is 13.4. The number of rotatable bonds is 3. The van der Waals surface area contributed by atoms with E-state index < -0.39 is 29.1 Å². The van der Waals surface area contributed by atoms with Crippen LogP contribution in [0, 0.1) is 0 Å². The van der Waals surface area contributed by atoms with Crippen molar-refractivity contribution in [2.24, 2.45) is 0 Å². The summed E-state index contributed by atoms with van der Waals surface area (Å²) in [6.07, 6.45) is -3.73. The first-order valence-corrected chi connectivity index (χ1v) is 9.74. The highest BCUT2D eigenvalue weighted by Crippen LogP contribution is 2.32. The summed E-state index contributed by atoms with van der Waals surface area (Å²) in [6.45, 7) is 0.128. The van der Waals surface area contributed by atoms with Crippen molar-refractivity contribution < 1.29 is 22.4 Å². The van der Waals surface area contributed by atoms with Crippen molar-refractivity contribution in [2.75, 3.05) is 13.1 Å². The van der Waals surface area contributed by atoms with Gasteiger partial charge in [0.05, 0.1) is 18.8 Å². The van der Waals surface area contributed by atoms with Gasteiger partial charge in [0, 0.05) is 18.3 Å². The Labute approximate surface area is 160 Å². The number of carbonyl (C=O) groups excluding carboxylic acids is 1. The molecule has 0 radical (unpaired) electrons. The van der Waals surface area contributed by atoms with Crippen LogP contribution in [0.4, 0.5) is 17.6 Å². The first kappa shape index (κ1) is 19.1. The summed E-state index contributed by atoms with van der Waals surface area (Å²) >= 11 is 0.457. The topological polar surface area (TPSA) is 73.0 Å². The van der Waals surface area contributed by atoms with E-state index in [4.69, 9.17) is 0 Å². The highest BCUT2D eigenvalue weighted by Gasteiger charge is 2.37. The Morgan fingerprint density at radius 3 is 2.75 bits per heavy atom. The highest BCUT2D eigenvalue weighted by molar-refractivity contribution is 7.09. The fourth-order valence-corrected chi connectivity index (χ4v) is 4.34. The maximum atomic E-state index is 13.4. The largest absolute Gasteiger partial charge is 0.443 e. The average Bonchev–Trinajstić information content (AvgIpc) is 3.34. The lowest BCUT2D eigenvalue weighted by atomic mass is 10.0. The van der Waals surface area contributed by atoms with Gasteiger partial charge >= 0.3 is 11.9 Å². The van der Waals surface area contributed by atoms with Crippen LogP contribution in [0.2, 0.25) is 0 Å². The second kappa shape index (κ2) is 6.98. The van der Waals surface area contributed by atoms with Gasteiger partial charge in [-0.2, -0.15) is 18.3 Å². The molecule has 0 aliphatic carbocycles. The molecule has 7 nitrogen and oxygen atoms in total. The van der Waals surface area contributed by atoms with Crippen LogP contribution in [-0.4, -0.2) is 49.4 Å². The number of carbonyl (C=O) groups is 1. The van der Waals surface area contributed by atoms with Crippen LogP contribution in [0.1, 0.15) is 41.8 Å². The van der Waals surface area contributed by atoms with Crippen molar-refractivity contribution in [2.45, 2.75) is 50.6 Å². The lowest BCUT2D eigenvalue weighted by Crippen LogP contribution is -2.41. The molecule has 1 amide bonds. The Morgan fingerprint density at radius 2 is 2.11 bits per heavy atom. The minimum atomic E-state index is -4.54. The van der Waals surface area contributed by atoms with E-state index in [1.165, 1.54) is 14.8 Å². The third-order valence-corrected chi connectivity index (χ3v) is 5.90. The SMILES string of the molecule is O=C([C@@H]1CCCc2nn(Cc3csc(C(F)(F)F)n3)c(=O)n21)N1CC[C@H](F)C1. The molecule has 4 heterocycles. The van der Waals surface area contributed by atoms with Crippen molar-refractivity contribution >= 4 is 17.2 Å². The number of hydrogen-bond donors (Lipinski definition) is 0. The average molecular weight is 419 g/mol. The minimum absolute atomic E-state index is 0.0204. The molecule has 1 fully saturated rings. The van der Waals surface area contributed by atoms with Crippen molar-refractivity contribution in [1.29, 1.82) is 0 Å². The van der Waals surface area contributed by atoms with Crippen LogP contribution in [-0.2, 0) is 23.9 Å². The molecular weight excluding hydrogens is 402 g/mol. The van der Waals surface area contributed by atoms with E-state index in [1.807, 2.05) is 0 Å². The number of fused-ring (bicyclic) bond motifs is 1. The molecular formula is C16H17F4N5O2S. The van der Waals surface area contributed by atoms with Gasteiger partial charge in [0.25, 0.3) is 0 Å². The molecule has 2 aromatic heterocycles. The molecule has 0 unspecified atom stereocenters. The van der Waals surface area contributed by atoms with E-state index in [9.17, 15) is 27.2 Å². The van der Waals surface area contributed by atoms with E-state index in [0.29, 0.717) is 43.0 Å². The molecule has 2 aliphatic heterocycles. The number of alkyl halides is 4. The fraction of sp³-hybridized carbons (Fsp3) is 0.625. The molecule has 0 aromatic carbocycles. The van der Waals surface area contributed by atoms with Gasteiger partial charge in [-0.1, -0.05) is 0 Å². The van der Waals surface area contributed by atoms with Gasteiger partial charge < -0.3 is 4.90 Å². The second-order valence-electron chi connectivity index (χ2n) is 6.95. The quantitative estimate of drug-likeness (QED) is 0.714. The number of aryl methyl sites for hydroxylation is 1. The Morgan fingerprint density at radius 1 is 1.32 bits per heavy atom. The molecule has 1 saturated heterocycles.